The first-order valence-corrected chi connectivity index (χ1v) is 9.45. The molecule has 0 heterocycles. The van der Waals surface area contributed by atoms with Gasteiger partial charge < -0.3 is 4.74 Å². The fourth-order valence-corrected chi connectivity index (χ4v) is 2.57. The fourth-order valence-electron chi connectivity index (χ4n) is 2.07. The Hall–Kier alpha value is -2.74. The molecule has 0 amide bonds. The van der Waals surface area contributed by atoms with Crippen molar-refractivity contribution in [3.63, 3.8) is 0 Å². The van der Waals surface area contributed by atoms with E-state index in [9.17, 15) is 22.4 Å². The zero-order chi connectivity index (χ0) is 19.5. The summed E-state index contributed by atoms with van der Waals surface area (Å²) in [6, 6.07) is 9.76. The largest absolute Gasteiger partial charge is 0.454 e. The zero-order valence-electron chi connectivity index (χ0n) is 14.5. The minimum atomic E-state index is -3.40. The van der Waals surface area contributed by atoms with Gasteiger partial charge in [-0.15, -0.1) is 0 Å². The Balaban J connectivity index is 2.01. The highest BCUT2D eigenvalue weighted by Gasteiger charge is 2.15. The number of carbonyl (C=O) groups excluding carboxylic acids is 2. The highest BCUT2D eigenvalue weighted by atomic mass is 32.2. The van der Waals surface area contributed by atoms with Crippen molar-refractivity contribution in [3.8, 4) is 0 Å². The third-order valence-electron chi connectivity index (χ3n) is 3.79. The molecular formula is C18H18FNO5S. The van der Waals surface area contributed by atoms with Gasteiger partial charge in [0.15, 0.2) is 12.4 Å². The van der Waals surface area contributed by atoms with Crippen LogP contribution >= 0.6 is 0 Å². The quantitative estimate of drug-likeness (QED) is 0.569. The van der Waals surface area contributed by atoms with Crippen LogP contribution in [0.4, 0.5) is 10.1 Å². The van der Waals surface area contributed by atoms with Crippen molar-refractivity contribution in [3.05, 3.63) is 65.0 Å². The molecule has 0 radical (unpaired) electrons. The summed E-state index contributed by atoms with van der Waals surface area (Å²) in [6.07, 6.45) is 1.07. The summed E-state index contributed by atoms with van der Waals surface area (Å²) in [6.45, 7) is 1.06. The lowest BCUT2D eigenvalue weighted by Crippen LogP contribution is -2.24. The van der Waals surface area contributed by atoms with Crippen LogP contribution in [0.15, 0.2) is 42.5 Å². The van der Waals surface area contributed by atoms with Gasteiger partial charge >= 0.3 is 5.97 Å². The van der Waals surface area contributed by atoms with Gasteiger partial charge in [0.25, 0.3) is 0 Å². The van der Waals surface area contributed by atoms with E-state index in [1.54, 1.807) is 6.92 Å². The van der Waals surface area contributed by atoms with Crippen LogP contribution in [0.2, 0.25) is 0 Å². The number of ketones is 1. The van der Waals surface area contributed by atoms with E-state index in [1.807, 2.05) is 0 Å². The number of nitrogens with zero attached hydrogens (tertiary/aromatic N) is 1. The number of aryl methyl sites for hydroxylation is 1. The summed E-state index contributed by atoms with van der Waals surface area (Å²) in [5, 5.41) is 0. The number of esters is 1. The Kier molecular flexibility index (Phi) is 5.76. The molecule has 0 fully saturated rings. The third-order valence-corrected chi connectivity index (χ3v) is 5.00. The van der Waals surface area contributed by atoms with E-state index in [0.29, 0.717) is 11.3 Å². The van der Waals surface area contributed by atoms with Crippen LogP contribution in [0.3, 0.4) is 0 Å². The number of sulfonamides is 1. The lowest BCUT2D eigenvalue weighted by atomic mass is 10.1. The van der Waals surface area contributed by atoms with Crippen LogP contribution in [-0.4, -0.2) is 40.1 Å². The van der Waals surface area contributed by atoms with Crippen molar-refractivity contribution in [2.45, 2.75) is 6.92 Å². The van der Waals surface area contributed by atoms with Crippen LogP contribution in [0, 0.1) is 12.7 Å². The molecule has 8 heteroatoms. The zero-order valence-corrected chi connectivity index (χ0v) is 15.3. The smallest absolute Gasteiger partial charge is 0.338 e. The summed E-state index contributed by atoms with van der Waals surface area (Å²) >= 11 is 0. The second kappa shape index (κ2) is 7.65. The van der Waals surface area contributed by atoms with Crippen molar-refractivity contribution >= 4 is 27.5 Å². The number of halogens is 1. The van der Waals surface area contributed by atoms with Gasteiger partial charge in [-0.2, -0.15) is 0 Å². The fraction of sp³-hybridized carbons (Fsp3) is 0.222. The molecule has 0 unspecified atom stereocenters. The third kappa shape index (κ3) is 4.66. The summed E-state index contributed by atoms with van der Waals surface area (Å²) in [4.78, 5) is 24.0. The molecule has 0 atom stereocenters. The number of benzene rings is 2. The summed E-state index contributed by atoms with van der Waals surface area (Å²) in [5.41, 5.74) is 1.08. The van der Waals surface area contributed by atoms with Crippen LogP contribution in [0.5, 0.6) is 0 Å². The minimum absolute atomic E-state index is 0.0195. The normalized spacial score (nSPS) is 11.1. The Labute approximate surface area is 151 Å². The Morgan fingerprint density at radius 2 is 1.65 bits per heavy atom. The number of hydrogen-bond acceptors (Lipinski definition) is 5. The summed E-state index contributed by atoms with van der Waals surface area (Å²) < 4.78 is 42.4. The van der Waals surface area contributed by atoms with Crippen LogP contribution in [0.1, 0.15) is 26.3 Å². The van der Waals surface area contributed by atoms with E-state index in [2.05, 4.69) is 0 Å². The first-order chi connectivity index (χ1) is 12.1. The Bertz CT molecular complexity index is 939. The monoisotopic (exact) mass is 379 g/mol. The lowest BCUT2D eigenvalue weighted by Gasteiger charge is -2.16. The van der Waals surface area contributed by atoms with E-state index >= 15 is 0 Å². The molecule has 0 bridgehead atoms. The van der Waals surface area contributed by atoms with E-state index in [-0.39, 0.29) is 11.1 Å². The van der Waals surface area contributed by atoms with E-state index in [4.69, 9.17) is 4.74 Å². The molecule has 0 aliphatic heterocycles. The molecule has 0 N–H and O–H groups in total. The number of ether oxygens (including phenoxy) is 1. The molecule has 0 aliphatic rings. The second-order valence-electron chi connectivity index (χ2n) is 5.74. The Morgan fingerprint density at radius 1 is 1.08 bits per heavy atom. The average Bonchev–Trinajstić information content (AvgIpc) is 2.60. The standard InChI is InChI=1S/C18H18FNO5S/c1-12-4-5-14(10-16(12)19)18(22)25-11-17(21)13-6-8-15(9-7-13)20(2)26(3,23)24/h4-10H,11H2,1-3H3. The van der Waals surface area contributed by atoms with Gasteiger partial charge in [-0.3, -0.25) is 9.10 Å². The molecule has 138 valence electrons. The van der Waals surface area contributed by atoms with E-state index in [1.165, 1.54) is 43.4 Å². The van der Waals surface area contributed by atoms with Crippen molar-refractivity contribution in [2.75, 3.05) is 24.2 Å². The molecule has 2 aromatic rings. The summed E-state index contributed by atoms with van der Waals surface area (Å²) in [5.74, 6) is -1.79. The highest BCUT2D eigenvalue weighted by Crippen LogP contribution is 2.17. The van der Waals surface area contributed by atoms with Gasteiger partial charge in [0, 0.05) is 12.6 Å². The average molecular weight is 379 g/mol. The van der Waals surface area contributed by atoms with Gasteiger partial charge in [0.2, 0.25) is 10.0 Å². The van der Waals surface area contributed by atoms with Crippen LogP contribution in [-0.2, 0) is 14.8 Å². The van der Waals surface area contributed by atoms with Crippen molar-refractivity contribution < 1.29 is 27.1 Å². The van der Waals surface area contributed by atoms with Crippen molar-refractivity contribution in [1.82, 2.24) is 0 Å². The van der Waals surface area contributed by atoms with Gasteiger partial charge in [-0.25, -0.2) is 17.6 Å². The lowest BCUT2D eigenvalue weighted by molar-refractivity contribution is 0.0474. The first-order valence-electron chi connectivity index (χ1n) is 7.60. The molecule has 2 rings (SSSR count). The molecule has 0 aromatic heterocycles. The first kappa shape index (κ1) is 19.6. The number of Topliss-reactive ketones (excluding diaryl/α,β-unsaturated/α-hetero) is 1. The molecular weight excluding hydrogens is 361 g/mol. The second-order valence-corrected chi connectivity index (χ2v) is 7.75. The van der Waals surface area contributed by atoms with E-state index < -0.39 is 34.2 Å². The van der Waals surface area contributed by atoms with Gasteiger partial charge in [-0.1, -0.05) is 6.07 Å². The van der Waals surface area contributed by atoms with Gasteiger partial charge in [0.05, 0.1) is 17.5 Å². The van der Waals surface area contributed by atoms with Crippen molar-refractivity contribution in [2.24, 2.45) is 0 Å². The molecule has 0 saturated heterocycles. The molecule has 2 aromatic carbocycles. The van der Waals surface area contributed by atoms with E-state index in [0.717, 1.165) is 16.6 Å². The predicted octanol–water partition coefficient (Wildman–Crippen LogP) is 2.57. The molecule has 0 spiro atoms. The molecule has 6 nitrogen and oxygen atoms in total. The maximum absolute atomic E-state index is 13.5. The number of carbonyl (C=O) groups is 2. The van der Waals surface area contributed by atoms with Crippen molar-refractivity contribution in [1.29, 1.82) is 0 Å². The maximum Gasteiger partial charge on any atom is 0.338 e. The molecule has 26 heavy (non-hydrogen) atoms. The topological polar surface area (TPSA) is 80.8 Å². The minimum Gasteiger partial charge on any atom is -0.454 e. The molecule has 0 saturated carbocycles. The number of hydrogen-bond donors (Lipinski definition) is 0. The van der Waals surface area contributed by atoms with Gasteiger partial charge in [0.1, 0.15) is 5.82 Å². The summed E-state index contributed by atoms with van der Waals surface area (Å²) in [7, 11) is -2.00. The predicted molar refractivity (Wildman–Crippen MR) is 95.4 cm³/mol. The highest BCUT2D eigenvalue weighted by molar-refractivity contribution is 7.92. The maximum atomic E-state index is 13.5. The molecule has 0 aliphatic carbocycles. The Morgan fingerprint density at radius 3 is 2.19 bits per heavy atom. The van der Waals surface area contributed by atoms with Crippen LogP contribution in [0.25, 0.3) is 0 Å². The SMILES string of the molecule is Cc1ccc(C(=O)OCC(=O)c2ccc(N(C)S(C)(=O)=O)cc2)cc1F. The van der Waals surface area contributed by atoms with Crippen LogP contribution < -0.4 is 4.31 Å². The van der Waals surface area contributed by atoms with Gasteiger partial charge in [-0.05, 0) is 48.9 Å². The number of rotatable bonds is 6. The number of anilines is 1.